The van der Waals surface area contributed by atoms with Crippen molar-refractivity contribution in [3.63, 3.8) is 0 Å². The first-order valence-corrected chi connectivity index (χ1v) is 3.66. The molecule has 1 atom stereocenters. The van der Waals surface area contributed by atoms with Crippen LogP contribution in [-0.4, -0.2) is 3.92 Å². The highest BCUT2D eigenvalue weighted by Crippen LogP contribution is 2.09. The fourth-order valence-electron chi connectivity index (χ4n) is 0.480. The molecule has 0 aromatic rings. The zero-order valence-corrected chi connectivity index (χ0v) is 7.03. The van der Waals surface area contributed by atoms with Crippen molar-refractivity contribution in [2.75, 3.05) is 0 Å². The van der Waals surface area contributed by atoms with Crippen LogP contribution in [0.25, 0.3) is 0 Å². The summed E-state index contributed by atoms with van der Waals surface area (Å²) in [5.41, 5.74) is 1.28. The average Bonchev–Trinajstić information content (AvgIpc) is 1.27. The molecule has 0 radical (unpaired) electrons. The van der Waals surface area contributed by atoms with Crippen molar-refractivity contribution in [3.05, 3.63) is 12.2 Å². The second-order valence-electron chi connectivity index (χ2n) is 1.94. The van der Waals surface area contributed by atoms with Gasteiger partial charge in [0.15, 0.2) is 0 Å². The molecule has 0 amide bonds. The van der Waals surface area contributed by atoms with Crippen LogP contribution in [0.3, 0.4) is 0 Å². The van der Waals surface area contributed by atoms with E-state index in [1.807, 2.05) is 0 Å². The van der Waals surface area contributed by atoms with Gasteiger partial charge in [-0.2, -0.15) is 0 Å². The Morgan fingerprint density at radius 2 is 2.29 bits per heavy atom. The van der Waals surface area contributed by atoms with Gasteiger partial charge >= 0.3 is 0 Å². The van der Waals surface area contributed by atoms with Crippen molar-refractivity contribution in [2.45, 2.75) is 24.2 Å². The zero-order valence-electron chi connectivity index (χ0n) is 4.87. The maximum Gasteiger partial charge on any atom is 0.0118 e. The van der Waals surface area contributed by atoms with E-state index in [1.54, 1.807) is 0 Å². The molecule has 0 N–H and O–H groups in total. The SMILES string of the molecule is C=C(C)CC(C)I. The smallest absolute Gasteiger partial charge is 0.0118 e. The van der Waals surface area contributed by atoms with Crippen molar-refractivity contribution < 1.29 is 0 Å². The summed E-state index contributed by atoms with van der Waals surface area (Å²) in [6.07, 6.45) is 1.15. The van der Waals surface area contributed by atoms with Gasteiger partial charge < -0.3 is 0 Å². The first-order valence-electron chi connectivity index (χ1n) is 2.41. The molecule has 0 aliphatic heterocycles. The van der Waals surface area contributed by atoms with Gasteiger partial charge in [-0.15, -0.1) is 6.58 Å². The molecule has 0 heterocycles. The average molecular weight is 210 g/mol. The highest BCUT2D eigenvalue weighted by atomic mass is 127. The summed E-state index contributed by atoms with van der Waals surface area (Å²) in [5.74, 6) is 0. The van der Waals surface area contributed by atoms with E-state index in [2.05, 4.69) is 43.0 Å². The van der Waals surface area contributed by atoms with Crippen molar-refractivity contribution in [1.29, 1.82) is 0 Å². The summed E-state index contributed by atoms with van der Waals surface area (Å²) >= 11 is 2.40. The number of allylic oxidation sites excluding steroid dienone is 1. The molecule has 1 heteroatoms. The van der Waals surface area contributed by atoms with Crippen LogP contribution in [0.2, 0.25) is 0 Å². The van der Waals surface area contributed by atoms with Gasteiger partial charge in [-0.3, -0.25) is 0 Å². The zero-order chi connectivity index (χ0) is 5.86. The molecule has 1 unspecified atom stereocenters. The van der Waals surface area contributed by atoms with E-state index in [1.165, 1.54) is 5.57 Å². The van der Waals surface area contributed by atoms with E-state index in [0.29, 0.717) is 0 Å². The Morgan fingerprint density at radius 1 is 1.86 bits per heavy atom. The van der Waals surface area contributed by atoms with Gasteiger partial charge in [0.1, 0.15) is 0 Å². The molecule has 0 aliphatic carbocycles. The number of hydrogen-bond acceptors (Lipinski definition) is 0. The minimum Gasteiger partial charge on any atom is -0.100 e. The standard InChI is InChI=1S/C6H11I/c1-5(2)4-6(3)7/h6H,1,4H2,2-3H3. The van der Waals surface area contributed by atoms with Crippen molar-refractivity contribution in [1.82, 2.24) is 0 Å². The molecule has 42 valence electrons. The summed E-state index contributed by atoms with van der Waals surface area (Å²) < 4.78 is 0.745. The monoisotopic (exact) mass is 210 g/mol. The van der Waals surface area contributed by atoms with Gasteiger partial charge in [0.25, 0.3) is 0 Å². The Hall–Kier alpha value is 0.470. The lowest BCUT2D eigenvalue weighted by atomic mass is 10.2. The minimum atomic E-state index is 0.745. The Kier molecular flexibility index (Phi) is 3.70. The summed E-state index contributed by atoms with van der Waals surface area (Å²) in [6.45, 7) is 8.04. The predicted octanol–water partition coefficient (Wildman–Crippen LogP) is 2.78. The lowest BCUT2D eigenvalue weighted by Crippen LogP contribution is -1.87. The van der Waals surface area contributed by atoms with Crippen LogP contribution >= 0.6 is 22.6 Å². The number of rotatable bonds is 2. The molecule has 0 rings (SSSR count). The van der Waals surface area contributed by atoms with Gasteiger partial charge in [-0.25, -0.2) is 0 Å². The highest BCUT2D eigenvalue weighted by molar-refractivity contribution is 14.1. The highest BCUT2D eigenvalue weighted by Gasteiger charge is 1.92. The van der Waals surface area contributed by atoms with Crippen LogP contribution in [-0.2, 0) is 0 Å². The number of halogens is 1. The van der Waals surface area contributed by atoms with Crippen LogP contribution in [0.4, 0.5) is 0 Å². The molecule has 0 nitrogen and oxygen atoms in total. The van der Waals surface area contributed by atoms with E-state index in [0.717, 1.165) is 10.3 Å². The maximum atomic E-state index is 3.79. The minimum absolute atomic E-state index is 0.745. The van der Waals surface area contributed by atoms with Gasteiger partial charge in [-0.1, -0.05) is 35.1 Å². The van der Waals surface area contributed by atoms with Gasteiger partial charge in [0.05, 0.1) is 0 Å². The Morgan fingerprint density at radius 3 is 2.29 bits per heavy atom. The van der Waals surface area contributed by atoms with Crippen LogP contribution in [0.1, 0.15) is 20.3 Å². The molecule has 7 heavy (non-hydrogen) atoms. The second-order valence-corrected chi connectivity index (χ2v) is 4.07. The number of hydrogen-bond donors (Lipinski definition) is 0. The molecular formula is C6H11I. The third-order valence-corrected chi connectivity index (χ3v) is 1.07. The summed E-state index contributed by atoms with van der Waals surface area (Å²) in [7, 11) is 0. The normalized spacial score (nSPS) is 13.6. The summed E-state index contributed by atoms with van der Waals surface area (Å²) in [5, 5.41) is 0. The van der Waals surface area contributed by atoms with E-state index < -0.39 is 0 Å². The fraction of sp³-hybridized carbons (Fsp3) is 0.667. The summed E-state index contributed by atoms with van der Waals surface area (Å²) in [4.78, 5) is 0. The van der Waals surface area contributed by atoms with Gasteiger partial charge in [0, 0.05) is 3.92 Å². The fourth-order valence-corrected chi connectivity index (χ4v) is 1.23. The van der Waals surface area contributed by atoms with E-state index in [4.69, 9.17) is 0 Å². The van der Waals surface area contributed by atoms with Crippen LogP contribution in [0.5, 0.6) is 0 Å². The van der Waals surface area contributed by atoms with Crippen LogP contribution in [0, 0.1) is 0 Å². The molecule has 0 aromatic heterocycles. The summed E-state index contributed by atoms with van der Waals surface area (Å²) in [6, 6.07) is 0. The molecule has 0 aliphatic rings. The predicted molar refractivity (Wildman–Crippen MR) is 42.9 cm³/mol. The topological polar surface area (TPSA) is 0 Å². The van der Waals surface area contributed by atoms with Crippen molar-refractivity contribution in [2.24, 2.45) is 0 Å². The maximum absolute atomic E-state index is 3.79. The van der Waals surface area contributed by atoms with Crippen LogP contribution in [0.15, 0.2) is 12.2 Å². The Bertz CT molecular complexity index is 64.6. The molecule has 0 bridgehead atoms. The van der Waals surface area contributed by atoms with E-state index >= 15 is 0 Å². The number of alkyl halides is 1. The lowest BCUT2D eigenvalue weighted by molar-refractivity contribution is 0.962. The Balaban J connectivity index is 3.13. The van der Waals surface area contributed by atoms with Crippen LogP contribution < -0.4 is 0 Å². The van der Waals surface area contributed by atoms with E-state index in [9.17, 15) is 0 Å². The van der Waals surface area contributed by atoms with Crippen molar-refractivity contribution in [3.8, 4) is 0 Å². The lowest BCUT2D eigenvalue weighted by Gasteiger charge is -1.98. The molecule has 0 spiro atoms. The third kappa shape index (κ3) is 6.47. The largest absolute Gasteiger partial charge is 0.100 e. The molecule has 0 fully saturated rings. The Labute approximate surface area is 59.1 Å². The van der Waals surface area contributed by atoms with E-state index in [-0.39, 0.29) is 0 Å². The van der Waals surface area contributed by atoms with Gasteiger partial charge in [-0.05, 0) is 13.3 Å². The molecule has 0 aromatic carbocycles. The third-order valence-electron chi connectivity index (χ3n) is 0.630. The quantitative estimate of drug-likeness (QED) is 0.373. The molecule has 0 saturated carbocycles. The van der Waals surface area contributed by atoms with Crippen molar-refractivity contribution >= 4 is 22.6 Å². The van der Waals surface area contributed by atoms with Gasteiger partial charge in [0.2, 0.25) is 0 Å². The molecular weight excluding hydrogens is 199 g/mol. The first-order chi connectivity index (χ1) is 3.13. The second kappa shape index (κ2) is 3.47. The first kappa shape index (κ1) is 7.47. The molecule has 0 saturated heterocycles.